The van der Waals surface area contributed by atoms with Gasteiger partial charge in [-0.25, -0.2) is 0 Å². The summed E-state index contributed by atoms with van der Waals surface area (Å²) >= 11 is 0. The first-order chi connectivity index (χ1) is 14.1. The maximum Gasteiger partial charge on any atom is 0.255 e. The first-order valence-corrected chi connectivity index (χ1v) is 11.3. The molecule has 3 heteroatoms. The average Bonchev–Trinajstić information content (AvgIpc) is 2.72. The number of carbonyl (C=O) groups excluding carboxylic acids is 1. The predicted octanol–water partition coefficient (Wildman–Crippen LogP) is 6.20. The van der Waals surface area contributed by atoms with E-state index in [1.54, 1.807) is 0 Å². The Morgan fingerprint density at radius 2 is 1.52 bits per heavy atom. The summed E-state index contributed by atoms with van der Waals surface area (Å²) in [7, 11) is 0. The highest BCUT2D eigenvalue weighted by Crippen LogP contribution is 2.60. The van der Waals surface area contributed by atoms with E-state index >= 15 is 0 Å². The van der Waals surface area contributed by atoms with Gasteiger partial charge in [0.1, 0.15) is 5.75 Å². The lowest BCUT2D eigenvalue weighted by atomic mass is 9.48. The van der Waals surface area contributed by atoms with Gasteiger partial charge in [0.2, 0.25) is 0 Å². The van der Waals surface area contributed by atoms with Crippen LogP contribution in [0.3, 0.4) is 0 Å². The minimum atomic E-state index is -0.0744. The van der Waals surface area contributed by atoms with Gasteiger partial charge in [-0.15, -0.1) is 0 Å². The van der Waals surface area contributed by atoms with E-state index in [1.807, 2.05) is 24.3 Å². The van der Waals surface area contributed by atoms with Crippen molar-refractivity contribution in [2.75, 3.05) is 11.9 Å². The molecule has 6 rings (SSSR count). The van der Waals surface area contributed by atoms with Gasteiger partial charge in [0.05, 0.1) is 6.61 Å². The van der Waals surface area contributed by atoms with Crippen molar-refractivity contribution in [2.45, 2.75) is 57.3 Å². The summed E-state index contributed by atoms with van der Waals surface area (Å²) in [6.07, 6.45) is 9.49. The number of amides is 1. The summed E-state index contributed by atoms with van der Waals surface area (Å²) in [5, 5.41) is 3.04. The third kappa shape index (κ3) is 3.68. The maximum absolute atomic E-state index is 12.6. The summed E-state index contributed by atoms with van der Waals surface area (Å²) in [4.78, 5) is 12.6. The largest absolute Gasteiger partial charge is 0.494 e. The summed E-state index contributed by atoms with van der Waals surface area (Å²) < 4.78 is 5.59. The molecule has 1 amide bonds. The van der Waals surface area contributed by atoms with E-state index in [4.69, 9.17) is 4.74 Å². The number of hydrogen-bond acceptors (Lipinski definition) is 2. The van der Waals surface area contributed by atoms with Crippen LogP contribution in [0.2, 0.25) is 0 Å². The van der Waals surface area contributed by atoms with E-state index < -0.39 is 0 Å². The molecule has 0 saturated heterocycles. The molecular weight excluding hydrogens is 358 g/mol. The maximum atomic E-state index is 12.6. The summed E-state index contributed by atoms with van der Waals surface area (Å²) in [6.45, 7) is 2.78. The molecule has 0 heterocycles. The smallest absolute Gasteiger partial charge is 0.255 e. The lowest BCUT2D eigenvalue weighted by Gasteiger charge is -2.57. The van der Waals surface area contributed by atoms with Crippen LogP contribution in [-0.4, -0.2) is 12.5 Å². The first-order valence-electron chi connectivity index (χ1n) is 11.3. The topological polar surface area (TPSA) is 38.3 Å². The molecule has 0 radical (unpaired) electrons. The molecule has 4 fully saturated rings. The van der Waals surface area contributed by atoms with Crippen LogP contribution in [0.15, 0.2) is 48.5 Å². The highest BCUT2D eigenvalue weighted by molar-refractivity contribution is 6.04. The lowest BCUT2D eigenvalue weighted by molar-refractivity contribution is -0.00518. The molecule has 1 N–H and O–H groups in total. The minimum absolute atomic E-state index is 0.0744. The zero-order valence-electron chi connectivity index (χ0n) is 17.3. The molecule has 4 aliphatic rings. The van der Waals surface area contributed by atoms with Crippen LogP contribution in [0.1, 0.15) is 67.8 Å². The molecular formula is C26H31NO2. The normalized spacial score (nSPS) is 29.6. The Labute approximate surface area is 173 Å². The number of carbonyl (C=O) groups is 1. The molecule has 0 spiro atoms. The predicted molar refractivity (Wildman–Crippen MR) is 116 cm³/mol. The Morgan fingerprint density at radius 1 is 0.931 bits per heavy atom. The summed E-state index contributed by atoms with van der Waals surface area (Å²) in [5.74, 6) is 3.58. The highest BCUT2D eigenvalue weighted by atomic mass is 16.5. The van der Waals surface area contributed by atoms with Crippen molar-refractivity contribution < 1.29 is 9.53 Å². The van der Waals surface area contributed by atoms with Gasteiger partial charge >= 0.3 is 0 Å². The molecule has 0 unspecified atom stereocenters. The van der Waals surface area contributed by atoms with Gasteiger partial charge in [-0.1, -0.05) is 19.1 Å². The van der Waals surface area contributed by atoms with Crippen molar-refractivity contribution in [3.8, 4) is 5.75 Å². The van der Waals surface area contributed by atoms with E-state index in [0.717, 1.165) is 35.6 Å². The van der Waals surface area contributed by atoms with Crippen molar-refractivity contribution in [2.24, 2.45) is 17.8 Å². The molecule has 0 aliphatic heterocycles. The van der Waals surface area contributed by atoms with Crippen LogP contribution >= 0.6 is 0 Å². The Kier molecular flexibility index (Phi) is 4.85. The number of nitrogens with one attached hydrogen (secondary N) is 1. The highest BCUT2D eigenvalue weighted by Gasteiger charge is 2.51. The Balaban J connectivity index is 1.26. The zero-order chi connectivity index (χ0) is 19.8. The van der Waals surface area contributed by atoms with E-state index in [0.29, 0.717) is 17.6 Å². The number of rotatable bonds is 6. The van der Waals surface area contributed by atoms with Crippen molar-refractivity contribution in [1.29, 1.82) is 0 Å². The van der Waals surface area contributed by atoms with Crippen molar-refractivity contribution in [3.05, 3.63) is 59.7 Å². The zero-order valence-corrected chi connectivity index (χ0v) is 17.3. The molecule has 0 atom stereocenters. The van der Waals surface area contributed by atoms with Gasteiger partial charge in [0.15, 0.2) is 0 Å². The Bertz CT molecular complexity index is 833. The van der Waals surface area contributed by atoms with Gasteiger partial charge in [-0.2, -0.15) is 0 Å². The molecule has 3 nitrogen and oxygen atoms in total. The van der Waals surface area contributed by atoms with Crippen LogP contribution in [0.4, 0.5) is 5.69 Å². The van der Waals surface area contributed by atoms with Crippen molar-refractivity contribution in [3.63, 3.8) is 0 Å². The number of ether oxygens (including phenoxy) is 1. The van der Waals surface area contributed by atoms with Gasteiger partial charge < -0.3 is 10.1 Å². The quantitative estimate of drug-likeness (QED) is 0.639. The molecule has 2 aromatic carbocycles. The fraction of sp³-hybridized carbons (Fsp3) is 0.500. The van der Waals surface area contributed by atoms with Crippen LogP contribution in [-0.2, 0) is 5.41 Å². The molecule has 4 aliphatic carbocycles. The summed E-state index contributed by atoms with van der Waals surface area (Å²) in [6, 6.07) is 16.1. The number of benzene rings is 2. The van der Waals surface area contributed by atoms with Gasteiger partial charge in [-0.3, -0.25) is 4.79 Å². The number of anilines is 1. The van der Waals surface area contributed by atoms with Crippen LogP contribution in [0.25, 0.3) is 0 Å². The molecule has 0 aromatic heterocycles. The SMILES string of the molecule is CCCOc1ccc(C(=O)Nc2ccc(C34CC5CC(CC(C5)C3)C4)cc2)cc1. The Morgan fingerprint density at radius 3 is 2.07 bits per heavy atom. The second-order valence-electron chi connectivity index (χ2n) is 9.60. The monoisotopic (exact) mass is 389 g/mol. The van der Waals surface area contributed by atoms with E-state index in [2.05, 4.69) is 36.5 Å². The van der Waals surface area contributed by atoms with Gasteiger partial charge in [0.25, 0.3) is 5.91 Å². The lowest BCUT2D eigenvalue weighted by Crippen LogP contribution is -2.48. The molecule has 152 valence electrons. The second kappa shape index (κ2) is 7.51. The van der Waals surface area contributed by atoms with Crippen molar-refractivity contribution in [1.82, 2.24) is 0 Å². The number of hydrogen-bond donors (Lipinski definition) is 1. The minimum Gasteiger partial charge on any atom is -0.494 e. The molecule has 4 saturated carbocycles. The second-order valence-corrected chi connectivity index (χ2v) is 9.60. The molecule has 2 aromatic rings. The van der Waals surface area contributed by atoms with E-state index in [1.165, 1.54) is 44.1 Å². The van der Waals surface area contributed by atoms with E-state index in [9.17, 15) is 4.79 Å². The fourth-order valence-electron chi connectivity index (χ4n) is 6.50. The Hall–Kier alpha value is -2.29. The fourth-order valence-corrected chi connectivity index (χ4v) is 6.50. The van der Waals surface area contributed by atoms with Crippen molar-refractivity contribution >= 4 is 11.6 Å². The van der Waals surface area contributed by atoms with Crippen LogP contribution in [0, 0.1) is 17.8 Å². The standard InChI is InChI=1S/C26H31NO2/c1-2-11-29-24-9-3-21(4-10-24)25(28)27-23-7-5-22(6-8-23)26-15-18-12-19(16-26)14-20(13-18)17-26/h3-10,18-20H,2,11-17H2,1H3,(H,27,28). The molecule has 4 bridgehead atoms. The van der Waals surface area contributed by atoms with E-state index in [-0.39, 0.29) is 5.91 Å². The van der Waals surface area contributed by atoms with Crippen LogP contribution < -0.4 is 10.1 Å². The van der Waals surface area contributed by atoms with Crippen LogP contribution in [0.5, 0.6) is 5.75 Å². The average molecular weight is 390 g/mol. The molecule has 29 heavy (non-hydrogen) atoms. The first kappa shape index (κ1) is 18.7. The van der Waals surface area contributed by atoms with Gasteiger partial charge in [0, 0.05) is 11.3 Å². The third-order valence-electron chi connectivity index (χ3n) is 7.38. The van der Waals surface area contributed by atoms with Gasteiger partial charge in [-0.05, 0) is 110 Å². The summed E-state index contributed by atoms with van der Waals surface area (Å²) in [5.41, 5.74) is 3.42. The third-order valence-corrected chi connectivity index (χ3v) is 7.38.